The number of halogens is 2. The van der Waals surface area contributed by atoms with E-state index in [0.29, 0.717) is 22.3 Å². The summed E-state index contributed by atoms with van der Waals surface area (Å²) < 4.78 is 2.09. The van der Waals surface area contributed by atoms with Crippen LogP contribution < -0.4 is 0 Å². The van der Waals surface area contributed by atoms with Crippen molar-refractivity contribution in [1.82, 2.24) is 19.7 Å². The molecule has 0 unspecified atom stereocenters. The van der Waals surface area contributed by atoms with Gasteiger partial charge in [0, 0.05) is 39.3 Å². The minimum atomic E-state index is 0.410. The quantitative estimate of drug-likeness (QED) is 0.376. The Labute approximate surface area is 194 Å². The summed E-state index contributed by atoms with van der Waals surface area (Å²) in [6.45, 7) is 0.410. The number of aromatic nitrogens is 4. The van der Waals surface area contributed by atoms with Crippen LogP contribution in [-0.2, 0) is 18.1 Å². The van der Waals surface area contributed by atoms with Gasteiger partial charge in [-0.25, -0.2) is 0 Å². The molecule has 31 heavy (non-hydrogen) atoms. The largest absolute Gasteiger partial charge is 0.280 e. The van der Waals surface area contributed by atoms with Gasteiger partial charge in [-0.05, 0) is 35.9 Å². The van der Waals surface area contributed by atoms with Crippen LogP contribution in [0.2, 0.25) is 10.0 Å². The highest BCUT2D eigenvalue weighted by atomic mass is 35.5. The lowest BCUT2D eigenvalue weighted by atomic mass is 10.0. The van der Waals surface area contributed by atoms with Gasteiger partial charge in [0.2, 0.25) is 0 Å². The Bertz CT molecular complexity index is 1270. The van der Waals surface area contributed by atoms with Crippen LogP contribution in [0, 0.1) is 0 Å². The number of rotatable bonds is 5. The van der Waals surface area contributed by atoms with Crippen LogP contribution in [0.15, 0.2) is 72.0 Å². The second-order valence-electron chi connectivity index (χ2n) is 7.03. The summed E-state index contributed by atoms with van der Waals surface area (Å²) in [5.41, 5.74) is 4.73. The molecule has 0 amide bonds. The average molecular weight is 466 g/mol. The van der Waals surface area contributed by atoms with Crippen LogP contribution in [0.1, 0.15) is 28.3 Å². The van der Waals surface area contributed by atoms with Gasteiger partial charge in [0.1, 0.15) is 12.4 Å². The third kappa shape index (κ3) is 4.11. The molecule has 1 aliphatic rings. The zero-order chi connectivity index (χ0) is 21.2. The predicted octanol–water partition coefficient (Wildman–Crippen LogP) is 5.75. The van der Waals surface area contributed by atoms with Crippen molar-refractivity contribution in [3.05, 3.63) is 105 Å². The van der Waals surface area contributed by atoms with E-state index in [-0.39, 0.29) is 0 Å². The van der Waals surface area contributed by atoms with Gasteiger partial charge < -0.3 is 0 Å². The normalized spacial score (nSPS) is 12.6. The molecule has 5 nitrogen and oxygen atoms in total. The second-order valence-corrected chi connectivity index (χ2v) is 8.86. The van der Waals surface area contributed by atoms with Crippen molar-refractivity contribution in [3.63, 3.8) is 0 Å². The lowest BCUT2D eigenvalue weighted by Crippen LogP contribution is -2.09. The molecule has 1 aliphatic heterocycles. The molecule has 0 radical (unpaired) electrons. The Hall–Kier alpha value is -2.67. The van der Waals surface area contributed by atoms with Gasteiger partial charge in [-0.1, -0.05) is 47.5 Å². The third-order valence-corrected chi connectivity index (χ3v) is 6.55. The first-order chi connectivity index (χ1) is 15.2. The molecule has 0 N–H and O–H groups in total. The number of hydrogen-bond acceptors (Lipinski definition) is 5. The summed E-state index contributed by atoms with van der Waals surface area (Å²) >= 11 is 14.7. The third-order valence-electron chi connectivity index (χ3n) is 4.98. The van der Waals surface area contributed by atoms with Gasteiger partial charge in [-0.15, -0.1) is 22.0 Å². The minimum Gasteiger partial charge on any atom is -0.280 e. The molecule has 0 saturated carbocycles. The first-order valence-electron chi connectivity index (χ1n) is 9.70. The van der Waals surface area contributed by atoms with Crippen molar-refractivity contribution in [2.45, 2.75) is 18.1 Å². The maximum absolute atomic E-state index is 6.50. The molecule has 2 aromatic heterocycles. The molecule has 5 rings (SSSR count). The number of hydrogen-bond donors (Lipinski definition) is 0. The second kappa shape index (κ2) is 8.83. The zero-order valence-corrected chi connectivity index (χ0v) is 18.7. The molecule has 0 spiro atoms. The van der Waals surface area contributed by atoms with Gasteiger partial charge in [-0.2, -0.15) is 0 Å². The monoisotopic (exact) mass is 465 g/mol. The van der Waals surface area contributed by atoms with Gasteiger partial charge in [0.25, 0.3) is 0 Å². The van der Waals surface area contributed by atoms with Crippen molar-refractivity contribution in [2.75, 3.05) is 0 Å². The van der Waals surface area contributed by atoms with Crippen molar-refractivity contribution in [1.29, 1.82) is 0 Å². The zero-order valence-electron chi connectivity index (χ0n) is 16.4. The topological polar surface area (TPSA) is 56.0 Å². The molecule has 154 valence electrons. The van der Waals surface area contributed by atoms with Gasteiger partial charge >= 0.3 is 0 Å². The lowest BCUT2D eigenvalue weighted by Gasteiger charge is -2.14. The van der Waals surface area contributed by atoms with E-state index < -0.39 is 0 Å². The Kier molecular flexibility index (Phi) is 5.76. The van der Waals surface area contributed by atoms with Gasteiger partial charge in [0.15, 0.2) is 5.82 Å². The van der Waals surface area contributed by atoms with E-state index in [4.69, 9.17) is 28.2 Å². The number of benzene rings is 2. The molecule has 4 aromatic rings. The van der Waals surface area contributed by atoms with Gasteiger partial charge in [0.05, 0.1) is 17.2 Å². The van der Waals surface area contributed by atoms with E-state index >= 15 is 0 Å². The van der Waals surface area contributed by atoms with E-state index in [0.717, 1.165) is 39.9 Å². The minimum absolute atomic E-state index is 0.410. The highest BCUT2D eigenvalue weighted by molar-refractivity contribution is 7.97. The number of fused-ring (bicyclic) bond motifs is 3. The Morgan fingerprint density at radius 1 is 0.935 bits per heavy atom. The van der Waals surface area contributed by atoms with Crippen molar-refractivity contribution < 1.29 is 0 Å². The summed E-state index contributed by atoms with van der Waals surface area (Å²) in [4.78, 5) is 9.03. The first-order valence-corrected chi connectivity index (χ1v) is 11.6. The summed E-state index contributed by atoms with van der Waals surface area (Å²) in [6, 6.07) is 17.5. The molecule has 2 aromatic carbocycles. The fourth-order valence-corrected chi connectivity index (χ4v) is 4.86. The molecule has 0 aliphatic carbocycles. The summed E-state index contributed by atoms with van der Waals surface area (Å²) in [5, 5.41) is 10.2. The Morgan fingerprint density at radius 2 is 1.84 bits per heavy atom. The standard InChI is InChI=1S/C23H17Cl2N5S/c24-16-7-8-20-18(10-16)23(17-5-1-2-6-19(17)25)27-12-21-28-29-22(30(20)21)14-31-13-15-4-3-9-26-11-15/h1-11H,12-14H2. The number of nitrogens with zero attached hydrogens (tertiary/aromatic N) is 5. The number of thioether (sulfide) groups is 1. The van der Waals surface area contributed by atoms with Crippen LogP contribution in [-0.4, -0.2) is 25.5 Å². The van der Waals surface area contributed by atoms with Crippen LogP contribution in [0.4, 0.5) is 0 Å². The first kappa shape index (κ1) is 20.2. The maximum Gasteiger partial charge on any atom is 0.159 e. The van der Waals surface area contributed by atoms with E-state index in [1.165, 1.54) is 5.56 Å². The van der Waals surface area contributed by atoms with Gasteiger partial charge in [-0.3, -0.25) is 14.5 Å². The lowest BCUT2D eigenvalue weighted by molar-refractivity contribution is 0.859. The molecule has 0 bridgehead atoms. The molecule has 3 heterocycles. The highest BCUT2D eigenvalue weighted by Crippen LogP contribution is 2.31. The van der Waals surface area contributed by atoms with E-state index in [1.54, 1.807) is 18.0 Å². The molecule has 0 saturated heterocycles. The van der Waals surface area contributed by atoms with Crippen molar-refractivity contribution >= 4 is 40.7 Å². The predicted molar refractivity (Wildman–Crippen MR) is 126 cm³/mol. The number of aliphatic imine (C=N–C) groups is 1. The smallest absolute Gasteiger partial charge is 0.159 e. The summed E-state index contributed by atoms with van der Waals surface area (Å²) in [6.07, 6.45) is 3.67. The van der Waals surface area contributed by atoms with Crippen LogP contribution in [0.3, 0.4) is 0 Å². The average Bonchev–Trinajstić information content (AvgIpc) is 3.11. The van der Waals surface area contributed by atoms with Crippen LogP contribution >= 0.6 is 35.0 Å². The molecule has 8 heteroatoms. The molecule has 0 atom stereocenters. The SMILES string of the molecule is Clc1ccc2c(c1)C(c1ccccc1Cl)=NCc1nnc(CSCc3cccnc3)n1-2. The van der Waals surface area contributed by atoms with E-state index in [9.17, 15) is 0 Å². The Morgan fingerprint density at radius 3 is 2.68 bits per heavy atom. The number of pyridine rings is 1. The van der Waals surface area contributed by atoms with E-state index in [1.807, 2.05) is 54.7 Å². The maximum atomic E-state index is 6.50. The Balaban J connectivity index is 1.52. The molecular weight excluding hydrogens is 449 g/mol. The molecule has 0 fully saturated rings. The van der Waals surface area contributed by atoms with Crippen LogP contribution in [0.25, 0.3) is 5.69 Å². The van der Waals surface area contributed by atoms with Crippen LogP contribution in [0.5, 0.6) is 0 Å². The summed E-state index contributed by atoms with van der Waals surface area (Å²) in [7, 11) is 0. The molecular formula is C23H17Cl2N5S. The van der Waals surface area contributed by atoms with E-state index in [2.05, 4.69) is 25.8 Å². The fraction of sp³-hybridized carbons (Fsp3) is 0.130. The van der Waals surface area contributed by atoms with Crippen molar-refractivity contribution in [2.24, 2.45) is 4.99 Å². The van der Waals surface area contributed by atoms with Crippen molar-refractivity contribution in [3.8, 4) is 5.69 Å². The highest BCUT2D eigenvalue weighted by Gasteiger charge is 2.24. The fourth-order valence-electron chi connectivity index (χ4n) is 3.58. The summed E-state index contributed by atoms with van der Waals surface area (Å²) in [5.74, 6) is 3.24.